The third kappa shape index (κ3) is 4.77. The third-order valence-electron chi connectivity index (χ3n) is 3.52. The van der Waals surface area contributed by atoms with Crippen molar-refractivity contribution in [3.8, 4) is 5.75 Å². The molecule has 0 saturated carbocycles. The summed E-state index contributed by atoms with van der Waals surface area (Å²) in [6.45, 7) is 3.45. The summed E-state index contributed by atoms with van der Waals surface area (Å²) >= 11 is 0. The number of aliphatic carboxylic acids is 1. The number of hydrogen-bond acceptors (Lipinski definition) is 6. The van der Waals surface area contributed by atoms with E-state index in [-0.39, 0.29) is 17.4 Å². The van der Waals surface area contributed by atoms with Crippen LogP contribution in [0.15, 0.2) is 35.5 Å². The Balaban J connectivity index is 2.07. The Bertz CT molecular complexity index is 830. The lowest BCUT2D eigenvalue weighted by molar-refractivity contribution is -0.140. The molecule has 0 aliphatic rings. The Morgan fingerprint density at radius 3 is 2.44 bits per heavy atom. The van der Waals surface area contributed by atoms with Crippen molar-refractivity contribution >= 4 is 16.0 Å². The predicted octanol–water partition coefficient (Wildman–Crippen LogP) is 0.782. The van der Waals surface area contributed by atoms with Gasteiger partial charge in [-0.15, -0.1) is 0 Å². The second-order valence-electron chi connectivity index (χ2n) is 5.74. The average molecular weight is 368 g/mol. The van der Waals surface area contributed by atoms with Crippen LogP contribution < -0.4 is 9.46 Å². The Hall–Kier alpha value is -2.46. The largest absolute Gasteiger partial charge is 0.486 e. The molecule has 1 aromatic heterocycles. The van der Waals surface area contributed by atoms with Crippen molar-refractivity contribution in [2.24, 2.45) is 13.0 Å². The van der Waals surface area contributed by atoms with E-state index in [4.69, 9.17) is 9.84 Å². The Morgan fingerprint density at radius 2 is 1.96 bits per heavy atom. The molecule has 2 rings (SSSR count). The van der Waals surface area contributed by atoms with Gasteiger partial charge in [-0.3, -0.25) is 9.48 Å². The molecule has 0 spiro atoms. The van der Waals surface area contributed by atoms with Crippen molar-refractivity contribution in [3.05, 3.63) is 36.4 Å². The molecular weight excluding hydrogens is 348 g/mol. The highest BCUT2D eigenvalue weighted by atomic mass is 32.2. The fourth-order valence-corrected chi connectivity index (χ4v) is 3.36. The van der Waals surface area contributed by atoms with E-state index >= 15 is 0 Å². The summed E-state index contributed by atoms with van der Waals surface area (Å²) in [5.74, 6) is -0.524. The maximum absolute atomic E-state index is 12.3. The zero-order valence-electron chi connectivity index (χ0n) is 14.1. The van der Waals surface area contributed by atoms with Crippen molar-refractivity contribution in [1.82, 2.24) is 19.5 Å². The van der Waals surface area contributed by atoms with Gasteiger partial charge >= 0.3 is 5.97 Å². The van der Waals surface area contributed by atoms with Crippen molar-refractivity contribution in [1.29, 1.82) is 0 Å². The highest BCUT2D eigenvalue weighted by Crippen LogP contribution is 2.18. The van der Waals surface area contributed by atoms with E-state index in [1.807, 2.05) is 0 Å². The molecule has 2 N–H and O–H groups in total. The molecule has 0 saturated heterocycles. The topological polar surface area (TPSA) is 123 Å². The number of carboxylic acids is 1. The lowest BCUT2D eigenvalue weighted by Crippen LogP contribution is -2.44. The number of rotatable bonds is 8. The van der Waals surface area contributed by atoms with Crippen molar-refractivity contribution in [2.45, 2.75) is 31.4 Å². The first-order valence-electron chi connectivity index (χ1n) is 7.51. The Morgan fingerprint density at radius 1 is 1.32 bits per heavy atom. The first-order valence-corrected chi connectivity index (χ1v) is 9.00. The molecule has 0 unspecified atom stereocenters. The van der Waals surface area contributed by atoms with Gasteiger partial charge in [-0.05, 0) is 30.2 Å². The lowest BCUT2D eigenvalue weighted by Gasteiger charge is -2.18. The molecule has 9 nitrogen and oxygen atoms in total. The van der Waals surface area contributed by atoms with Gasteiger partial charge in [0.1, 0.15) is 24.7 Å². The van der Waals surface area contributed by atoms with Gasteiger partial charge in [0, 0.05) is 7.05 Å². The molecular formula is C15H20N4O5S. The first kappa shape index (κ1) is 18.9. The molecule has 2 aromatic rings. The molecule has 1 heterocycles. The molecule has 1 aromatic carbocycles. The van der Waals surface area contributed by atoms with E-state index < -0.39 is 22.0 Å². The third-order valence-corrected chi connectivity index (χ3v) is 4.98. The minimum atomic E-state index is -3.94. The zero-order valence-corrected chi connectivity index (χ0v) is 14.9. The second-order valence-corrected chi connectivity index (χ2v) is 7.46. The van der Waals surface area contributed by atoms with E-state index in [0.717, 1.165) is 0 Å². The smallest absolute Gasteiger partial charge is 0.322 e. The zero-order chi connectivity index (χ0) is 18.6. The van der Waals surface area contributed by atoms with Gasteiger partial charge < -0.3 is 9.84 Å². The number of carboxylic acid groups (broad SMARTS) is 1. The van der Waals surface area contributed by atoms with Crippen LogP contribution in [0.1, 0.15) is 19.7 Å². The predicted molar refractivity (Wildman–Crippen MR) is 88.4 cm³/mol. The van der Waals surface area contributed by atoms with E-state index in [1.165, 1.54) is 30.6 Å². The molecule has 10 heteroatoms. The van der Waals surface area contributed by atoms with Gasteiger partial charge in [0.05, 0.1) is 4.90 Å². The highest BCUT2D eigenvalue weighted by molar-refractivity contribution is 7.89. The summed E-state index contributed by atoms with van der Waals surface area (Å²) in [6.07, 6.45) is 1.41. The molecule has 0 fully saturated rings. The summed E-state index contributed by atoms with van der Waals surface area (Å²) in [6, 6.07) is 4.50. The molecule has 0 bridgehead atoms. The van der Waals surface area contributed by atoms with Crippen LogP contribution in [0.25, 0.3) is 0 Å². The summed E-state index contributed by atoms with van der Waals surface area (Å²) in [7, 11) is -2.21. The summed E-state index contributed by atoms with van der Waals surface area (Å²) in [5, 5.41) is 13.0. The van der Waals surface area contributed by atoms with Crippen molar-refractivity contribution < 1.29 is 23.1 Å². The molecule has 0 aliphatic carbocycles. The van der Waals surface area contributed by atoms with Crippen LogP contribution >= 0.6 is 0 Å². The Kier molecular flexibility index (Phi) is 5.75. The van der Waals surface area contributed by atoms with Crippen LogP contribution in [0.3, 0.4) is 0 Å². The Labute approximate surface area is 145 Å². The van der Waals surface area contributed by atoms with Crippen LogP contribution in [-0.4, -0.2) is 40.3 Å². The number of sulfonamides is 1. The number of benzene rings is 1. The normalized spacial score (nSPS) is 13.0. The summed E-state index contributed by atoms with van der Waals surface area (Å²) in [4.78, 5) is 15.2. The van der Waals surface area contributed by atoms with E-state index in [1.54, 1.807) is 25.6 Å². The van der Waals surface area contributed by atoms with E-state index in [2.05, 4.69) is 14.8 Å². The number of nitrogens with one attached hydrogen (secondary N) is 1. The monoisotopic (exact) mass is 368 g/mol. The lowest BCUT2D eigenvalue weighted by atomic mass is 10.1. The molecule has 1 atom stereocenters. The SMILES string of the molecule is CC(C)[C@@H](NS(=O)(=O)c1ccc(OCc2ncnn2C)cc1)C(=O)O. The second kappa shape index (κ2) is 7.62. The van der Waals surface area contributed by atoms with E-state index in [9.17, 15) is 13.2 Å². The first-order chi connectivity index (χ1) is 11.7. The fourth-order valence-electron chi connectivity index (χ4n) is 2.02. The quantitative estimate of drug-likeness (QED) is 0.706. The van der Waals surface area contributed by atoms with Crippen LogP contribution in [0, 0.1) is 5.92 Å². The molecule has 0 aliphatic heterocycles. The number of carbonyl (C=O) groups is 1. The number of ether oxygens (including phenoxy) is 1. The molecule has 25 heavy (non-hydrogen) atoms. The summed E-state index contributed by atoms with van der Waals surface area (Å²) < 4.78 is 33.9. The van der Waals surface area contributed by atoms with Crippen LogP contribution in [0.5, 0.6) is 5.75 Å². The van der Waals surface area contributed by atoms with Gasteiger partial charge in [0.2, 0.25) is 10.0 Å². The minimum Gasteiger partial charge on any atom is -0.486 e. The number of aromatic nitrogens is 3. The van der Waals surface area contributed by atoms with Crippen LogP contribution in [0.2, 0.25) is 0 Å². The summed E-state index contributed by atoms with van der Waals surface area (Å²) in [5.41, 5.74) is 0. The van der Waals surface area contributed by atoms with Gasteiger partial charge in [0.15, 0.2) is 5.82 Å². The molecule has 136 valence electrons. The molecule has 0 amide bonds. The highest BCUT2D eigenvalue weighted by Gasteiger charge is 2.27. The fraction of sp³-hybridized carbons (Fsp3) is 0.400. The van der Waals surface area contributed by atoms with Crippen LogP contribution in [0.4, 0.5) is 0 Å². The van der Waals surface area contributed by atoms with Gasteiger partial charge in [-0.2, -0.15) is 9.82 Å². The number of nitrogens with zero attached hydrogens (tertiary/aromatic N) is 3. The number of aryl methyl sites for hydroxylation is 1. The standard InChI is InChI=1S/C15H20N4O5S/c1-10(2)14(15(20)21)18-25(22,23)12-6-4-11(5-7-12)24-8-13-16-9-17-19(13)3/h4-7,9-10,14,18H,8H2,1-3H3,(H,20,21)/t14-/m1/s1. The van der Waals surface area contributed by atoms with E-state index in [0.29, 0.717) is 11.6 Å². The van der Waals surface area contributed by atoms with Crippen LogP contribution in [-0.2, 0) is 28.5 Å². The maximum atomic E-state index is 12.3. The van der Waals surface area contributed by atoms with Gasteiger partial charge in [-0.25, -0.2) is 13.4 Å². The van der Waals surface area contributed by atoms with Crippen molar-refractivity contribution in [3.63, 3.8) is 0 Å². The minimum absolute atomic E-state index is 0.0367. The average Bonchev–Trinajstić information content (AvgIpc) is 2.96. The maximum Gasteiger partial charge on any atom is 0.322 e. The van der Waals surface area contributed by atoms with Gasteiger partial charge in [-0.1, -0.05) is 13.8 Å². The molecule has 0 radical (unpaired) electrons. The van der Waals surface area contributed by atoms with Crippen molar-refractivity contribution in [2.75, 3.05) is 0 Å². The van der Waals surface area contributed by atoms with Gasteiger partial charge in [0.25, 0.3) is 0 Å². The number of hydrogen-bond donors (Lipinski definition) is 2.